The van der Waals surface area contributed by atoms with E-state index in [0.29, 0.717) is 23.3 Å². The Hall–Kier alpha value is -2.90. The smallest absolute Gasteiger partial charge is 0.313 e. The Morgan fingerprint density at radius 3 is 3.05 bits per heavy atom. The molecule has 0 spiro atoms. The Balaban J connectivity index is 1.99. The summed E-state index contributed by atoms with van der Waals surface area (Å²) in [6.07, 6.45) is 1.32. The lowest BCUT2D eigenvalue weighted by atomic mass is 10.2. The summed E-state index contributed by atoms with van der Waals surface area (Å²) in [5.74, 6) is -0.845. The van der Waals surface area contributed by atoms with Gasteiger partial charge in [0.2, 0.25) is 5.95 Å². The van der Waals surface area contributed by atoms with Crippen LogP contribution in [0, 0.1) is 5.92 Å². The zero-order valence-corrected chi connectivity index (χ0v) is 11.8. The number of hydrogen-bond acceptors (Lipinski definition) is 6. The summed E-state index contributed by atoms with van der Waals surface area (Å²) in [4.78, 5) is 30.0. The third kappa shape index (κ3) is 2.50. The summed E-state index contributed by atoms with van der Waals surface area (Å²) >= 11 is 0. The first kappa shape index (κ1) is 14.1. The number of hydrazone groups is 1. The van der Waals surface area contributed by atoms with Crippen molar-refractivity contribution >= 4 is 29.0 Å². The highest BCUT2D eigenvalue weighted by molar-refractivity contribution is 5.91. The van der Waals surface area contributed by atoms with Crippen LogP contribution in [0.1, 0.15) is 6.92 Å². The third-order valence-electron chi connectivity index (χ3n) is 3.29. The quantitative estimate of drug-likeness (QED) is 0.866. The predicted molar refractivity (Wildman–Crippen MR) is 80.5 cm³/mol. The van der Waals surface area contributed by atoms with Crippen LogP contribution < -0.4 is 15.3 Å². The SMILES string of the molecule is CCOc1ccc2c(=O)[nH]c(N3C[C@@H](C(=O)O)C=N3)nc2c1. The summed E-state index contributed by atoms with van der Waals surface area (Å²) in [6.45, 7) is 2.51. The van der Waals surface area contributed by atoms with Crippen molar-refractivity contribution in [1.82, 2.24) is 9.97 Å². The molecule has 8 nitrogen and oxygen atoms in total. The van der Waals surface area contributed by atoms with Crippen LogP contribution in [0.2, 0.25) is 0 Å². The van der Waals surface area contributed by atoms with E-state index in [-0.39, 0.29) is 18.1 Å². The zero-order chi connectivity index (χ0) is 15.7. The molecular weight excluding hydrogens is 288 g/mol. The molecule has 0 fully saturated rings. The number of carbonyl (C=O) groups is 1. The van der Waals surface area contributed by atoms with Crippen LogP contribution in [0.4, 0.5) is 5.95 Å². The third-order valence-corrected chi connectivity index (χ3v) is 3.29. The number of aromatic nitrogens is 2. The maximum absolute atomic E-state index is 12.1. The first-order valence-electron chi connectivity index (χ1n) is 6.80. The largest absolute Gasteiger partial charge is 0.494 e. The number of H-pyrrole nitrogens is 1. The lowest BCUT2D eigenvalue weighted by Crippen LogP contribution is -2.26. The van der Waals surface area contributed by atoms with Crippen molar-refractivity contribution in [3.63, 3.8) is 0 Å². The van der Waals surface area contributed by atoms with E-state index >= 15 is 0 Å². The van der Waals surface area contributed by atoms with Crippen molar-refractivity contribution in [3.05, 3.63) is 28.6 Å². The fraction of sp³-hybridized carbons (Fsp3) is 0.286. The summed E-state index contributed by atoms with van der Waals surface area (Å²) < 4.78 is 5.39. The molecule has 1 aromatic heterocycles. The van der Waals surface area contributed by atoms with Gasteiger partial charge in [0, 0.05) is 12.3 Å². The van der Waals surface area contributed by atoms with E-state index in [2.05, 4.69) is 15.1 Å². The summed E-state index contributed by atoms with van der Waals surface area (Å²) in [5.41, 5.74) is 0.163. The lowest BCUT2D eigenvalue weighted by molar-refractivity contribution is -0.138. The van der Waals surface area contributed by atoms with Gasteiger partial charge in [-0.1, -0.05) is 0 Å². The van der Waals surface area contributed by atoms with Crippen molar-refractivity contribution in [2.24, 2.45) is 11.0 Å². The molecule has 1 aromatic carbocycles. The molecule has 0 saturated carbocycles. The number of anilines is 1. The van der Waals surface area contributed by atoms with Crippen LogP contribution in [0.15, 0.2) is 28.1 Å². The number of benzene rings is 1. The fourth-order valence-corrected chi connectivity index (χ4v) is 2.21. The van der Waals surface area contributed by atoms with Crippen LogP contribution >= 0.6 is 0 Å². The van der Waals surface area contributed by atoms with E-state index < -0.39 is 11.9 Å². The van der Waals surface area contributed by atoms with Gasteiger partial charge < -0.3 is 9.84 Å². The highest BCUT2D eigenvalue weighted by atomic mass is 16.5. The molecule has 114 valence electrons. The number of nitrogens with zero attached hydrogens (tertiary/aromatic N) is 3. The van der Waals surface area contributed by atoms with Crippen molar-refractivity contribution in [3.8, 4) is 5.75 Å². The molecule has 0 saturated heterocycles. The van der Waals surface area contributed by atoms with Crippen molar-refractivity contribution in [2.45, 2.75) is 6.92 Å². The van der Waals surface area contributed by atoms with Gasteiger partial charge in [-0.05, 0) is 19.1 Å². The number of rotatable bonds is 4. The Bertz CT molecular complexity index is 814. The van der Waals surface area contributed by atoms with E-state index in [9.17, 15) is 9.59 Å². The number of aromatic amines is 1. The lowest BCUT2D eigenvalue weighted by Gasteiger charge is -2.13. The van der Waals surface area contributed by atoms with E-state index in [1.165, 1.54) is 11.2 Å². The fourth-order valence-electron chi connectivity index (χ4n) is 2.21. The van der Waals surface area contributed by atoms with E-state index in [4.69, 9.17) is 9.84 Å². The average molecular weight is 302 g/mol. The number of carboxylic acid groups (broad SMARTS) is 1. The molecule has 0 radical (unpaired) electrons. The van der Waals surface area contributed by atoms with Crippen LogP contribution in [-0.4, -0.2) is 40.4 Å². The van der Waals surface area contributed by atoms with Crippen LogP contribution in [-0.2, 0) is 4.79 Å². The summed E-state index contributed by atoms with van der Waals surface area (Å²) in [7, 11) is 0. The molecule has 0 amide bonds. The minimum Gasteiger partial charge on any atom is -0.494 e. The molecule has 0 aliphatic carbocycles. The zero-order valence-electron chi connectivity index (χ0n) is 11.8. The van der Waals surface area contributed by atoms with E-state index in [0.717, 1.165) is 0 Å². The maximum Gasteiger partial charge on any atom is 0.313 e. The van der Waals surface area contributed by atoms with Gasteiger partial charge in [0.25, 0.3) is 5.56 Å². The van der Waals surface area contributed by atoms with Gasteiger partial charge in [-0.25, -0.2) is 9.99 Å². The van der Waals surface area contributed by atoms with Crippen molar-refractivity contribution < 1.29 is 14.6 Å². The number of aliphatic carboxylic acids is 1. The van der Waals surface area contributed by atoms with Gasteiger partial charge in [-0.2, -0.15) is 5.10 Å². The molecule has 8 heteroatoms. The van der Waals surface area contributed by atoms with Gasteiger partial charge in [0.1, 0.15) is 11.7 Å². The highest BCUT2D eigenvalue weighted by Crippen LogP contribution is 2.20. The molecule has 1 aliphatic heterocycles. The minimum absolute atomic E-state index is 0.134. The Labute approximate surface area is 125 Å². The Kier molecular flexibility index (Phi) is 3.50. The number of nitrogens with one attached hydrogen (secondary N) is 1. The van der Waals surface area contributed by atoms with Crippen molar-refractivity contribution in [2.75, 3.05) is 18.2 Å². The monoisotopic (exact) mass is 302 g/mol. The highest BCUT2D eigenvalue weighted by Gasteiger charge is 2.26. The summed E-state index contributed by atoms with van der Waals surface area (Å²) in [6, 6.07) is 5.02. The van der Waals surface area contributed by atoms with E-state index in [1.54, 1.807) is 18.2 Å². The van der Waals surface area contributed by atoms with Crippen LogP contribution in [0.5, 0.6) is 5.75 Å². The number of carboxylic acids is 1. The van der Waals surface area contributed by atoms with Gasteiger partial charge in [0.15, 0.2) is 0 Å². The molecule has 3 rings (SSSR count). The standard InChI is InChI=1S/C14H14N4O4/c1-2-22-9-3-4-10-11(5-9)16-14(17-12(10)19)18-7-8(6-15-18)13(20)21/h3-6,8H,2,7H2,1H3,(H,20,21)(H,16,17,19)/t8-/m0/s1. The molecule has 1 atom stereocenters. The average Bonchev–Trinajstić information content (AvgIpc) is 2.97. The van der Waals surface area contributed by atoms with E-state index in [1.807, 2.05) is 6.92 Å². The first-order valence-corrected chi connectivity index (χ1v) is 6.80. The summed E-state index contributed by atoms with van der Waals surface area (Å²) in [5, 5.41) is 14.8. The molecule has 2 aromatic rings. The normalized spacial score (nSPS) is 17.1. The number of fused-ring (bicyclic) bond motifs is 1. The minimum atomic E-state index is -0.965. The molecule has 0 bridgehead atoms. The van der Waals surface area contributed by atoms with Crippen molar-refractivity contribution in [1.29, 1.82) is 0 Å². The molecule has 2 N–H and O–H groups in total. The predicted octanol–water partition coefficient (Wildman–Crippen LogP) is 0.828. The molecular formula is C14H14N4O4. The second kappa shape index (κ2) is 5.47. The maximum atomic E-state index is 12.1. The van der Waals surface area contributed by atoms with Crippen LogP contribution in [0.25, 0.3) is 10.9 Å². The number of hydrogen-bond donors (Lipinski definition) is 2. The second-order valence-electron chi connectivity index (χ2n) is 4.79. The molecule has 2 heterocycles. The Morgan fingerprint density at radius 1 is 1.55 bits per heavy atom. The van der Waals surface area contributed by atoms with Gasteiger partial charge in [-0.3, -0.25) is 14.6 Å². The van der Waals surface area contributed by atoms with Gasteiger partial charge in [0.05, 0.1) is 24.1 Å². The van der Waals surface area contributed by atoms with Crippen LogP contribution in [0.3, 0.4) is 0 Å². The first-order chi connectivity index (χ1) is 10.6. The molecule has 0 unspecified atom stereocenters. The number of ether oxygens (including phenoxy) is 1. The second-order valence-corrected chi connectivity index (χ2v) is 4.79. The Morgan fingerprint density at radius 2 is 2.36 bits per heavy atom. The molecule has 22 heavy (non-hydrogen) atoms. The van der Waals surface area contributed by atoms with Gasteiger partial charge >= 0.3 is 5.97 Å². The topological polar surface area (TPSA) is 108 Å². The molecule has 1 aliphatic rings. The van der Waals surface area contributed by atoms with Gasteiger partial charge in [-0.15, -0.1) is 0 Å².